The van der Waals surface area contributed by atoms with Gasteiger partial charge in [0.05, 0.1) is 6.61 Å². The van der Waals surface area contributed by atoms with E-state index >= 15 is 0 Å². The average Bonchev–Trinajstić information content (AvgIpc) is 2.74. The fourth-order valence-corrected chi connectivity index (χ4v) is 2.45. The van der Waals surface area contributed by atoms with Crippen LogP contribution in [0.4, 0.5) is 0 Å². The van der Waals surface area contributed by atoms with Gasteiger partial charge in [0.15, 0.2) is 5.69 Å². The lowest BCUT2D eigenvalue weighted by atomic mass is 10.1. The van der Waals surface area contributed by atoms with Crippen LogP contribution in [-0.4, -0.2) is 24.2 Å². The second-order valence-corrected chi connectivity index (χ2v) is 4.80. The summed E-state index contributed by atoms with van der Waals surface area (Å²) in [6, 6.07) is 0. The monoisotopic (exact) mass is 257 g/mol. The zero-order chi connectivity index (χ0) is 12.8. The van der Waals surface area contributed by atoms with Crippen LogP contribution in [0.3, 0.4) is 0 Å². The first-order valence-electron chi connectivity index (χ1n) is 5.84. The Balaban J connectivity index is 2.81. The number of carbonyl (C=O) groups is 1. The van der Waals surface area contributed by atoms with E-state index in [0.717, 1.165) is 5.01 Å². The molecule has 0 fully saturated rings. The third kappa shape index (κ3) is 3.78. The first-order chi connectivity index (χ1) is 8.10. The number of ether oxygens (including phenoxy) is 2. The van der Waals surface area contributed by atoms with Crippen molar-refractivity contribution in [3.8, 4) is 0 Å². The maximum absolute atomic E-state index is 11.5. The van der Waals surface area contributed by atoms with Crippen molar-refractivity contribution in [3.05, 3.63) is 16.1 Å². The van der Waals surface area contributed by atoms with Crippen LogP contribution < -0.4 is 0 Å². The molecule has 0 bridgehead atoms. The van der Waals surface area contributed by atoms with Gasteiger partial charge in [0, 0.05) is 12.0 Å². The quantitative estimate of drug-likeness (QED) is 0.735. The Bertz CT molecular complexity index is 362. The summed E-state index contributed by atoms with van der Waals surface area (Å²) in [5.41, 5.74) is 0.372. The fraction of sp³-hybridized carbons (Fsp3) is 0.667. The summed E-state index contributed by atoms with van der Waals surface area (Å²) in [7, 11) is 0. The highest BCUT2D eigenvalue weighted by Gasteiger charge is 2.21. The van der Waals surface area contributed by atoms with Crippen molar-refractivity contribution in [1.82, 2.24) is 4.98 Å². The third-order valence-electron chi connectivity index (χ3n) is 2.20. The van der Waals surface area contributed by atoms with Crippen LogP contribution in [0.5, 0.6) is 0 Å². The van der Waals surface area contributed by atoms with Crippen LogP contribution in [0.2, 0.25) is 0 Å². The highest BCUT2D eigenvalue weighted by atomic mass is 32.1. The van der Waals surface area contributed by atoms with Gasteiger partial charge in [0.2, 0.25) is 0 Å². The van der Waals surface area contributed by atoms with Gasteiger partial charge in [0.1, 0.15) is 11.1 Å². The normalized spacial score (nSPS) is 12.8. The standard InChI is InChI=1S/C12H19NO3S/c1-5-15-10(8(3)4)11-13-9(7-17-11)12(14)16-6-2/h7-8,10H,5-6H2,1-4H3. The lowest BCUT2D eigenvalue weighted by molar-refractivity contribution is 0.0289. The van der Waals surface area contributed by atoms with Gasteiger partial charge in [-0.2, -0.15) is 0 Å². The minimum atomic E-state index is -0.367. The van der Waals surface area contributed by atoms with E-state index in [1.165, 1.54) is 11.3 Å². The third-order valence-corrected chi connectivity index (χ3v) is 3.11. The van der Waals surface area contributed by atoms with Crippen molar-refractivity contribution < 1.29 is 14.3 Å². The average molecular weight is 257 g/mol. The Kier molecular flexibility index (Phi) is 5.58. The summed E-state index contributed by atoms with van der Waals surface area (Å²) in [5, 5.41) is 2.56. The number of rotatable bonds is 6. The summed E-state index contributed by atoms with van der Waals surface area (Å²) in [6.45, 7) is 8.89. The number of carbonyl (C=O) groups excluding carboxylic acids is 1. The maximum Gasteiger partial charge on any atom is 0.357 e. The Labute approximate surface area is 106 Å². The zero-order valence-electron chi connectivity index (χ0n) is 10.7. The zero-order valence-corrected chi connectivity index (χ0v) is 11.5. The molecular formula is C12H19NO3S. The van der Waals surface area contributed by atoms with Crippen LogP contribution >= 0.6 is 11.3 Å². The topological polar surface area (TPSA) is 48.4 Å². The molecule has 0 aliphatic rings. The van der Waals surface area contributed by atoms with E-state index in [-0.39, 0.29) is 12.1 Å². The van der Waals surface area contributed by atoms with E-state index in [9.17, 15) is 4.79 Å². The van der Waals surface area contributed by atoms with Gasteiger partial charge in [-0.15, -0.1) is 11.3 Å². The van der Waals surface area contributed by atoms with Gasteiger partial charge in [-0.05, 0) is 19.8 Å². The van der Waals surface area contributed by atoms with E-state index in [2.05, 4.69) is 18.8 Å². The molecule has 1 aromatic rings. The van der Waals surface area contributed by atoms with Gasteiger partial charge < -0.3 is 9.47 Å². The fourth-order valence-electron chi connectivity index (χ4n) is 1.45. The molecule has 17 heavy (non-hydrogen) atoms. The minimum Gasteiger partial charge on any atom is -0.461 e. The molecule has 0 spiro atoms. The first kappa shape index (κ1) is 14.1. The van der Waals surface area contributed by atoms with Crippen molar-refractivity contribution in [2.75, 3.05) is 13.2 Å². The van der Waals surface area contributed by atoms with Crippen molar-refractivity contribution in [1.29, 1.82) is 0 Å². The second kappa shape index (κ2) is 6.71. The molecule has 1 unspecified atom stereocenters. The van der Waals surface area contributed by atoms with Gasteiger partial charge in [-0.25, -0.2) is 9.78 Å². The summed E-state index contributed by atoms with van der Waals surface area (Å²) < 4.78 is 10.5. The Morgan fingerprint density at radius 1 is 1.41 bits per heavy atom. The molecule has 1 aromatic heterocycles. The molecule has 1 heterocycles. The summed E-state index contributed by atoms with van der Waals surface area (Å²) >= 11 is 1.44. The van der Waals surface area contributed by atoms with E-state index < -0.39 is 0 Å². The van der Waals surface area contributed by atoms with Crippen LogP contribution in [0.25, 0.3) is 0 Å². The van der Waals surface area contributed by atoms with Crippen molar-refractivity contribution >= 4 is 17.3 Å². The largest absolute Gasteiger partial charge is 0.461 e. The molecule has 5 heteroatoms. The van der Waals surface area contributed by atoms with E-state index in [4.69, 9.17) is 9.47 Å². The molecule has 1 atom stereocenters. The Morgan fingerprint density at radius 3 is 2.65 bits per heavy atom. The van der Waals surface area contributed by atoms with Crippen molar-refractivity contribution in [2.24, 2.45) is 5.92 Å². The second-order valence-electron chi connectivity index (χ2n) is 3.91. The van der Waals surface area contributed by atoms with Gasteiger partial charge in [-0.1, -0.05) is 13.8 Å². The van der Waals surface area contributed by atoms with E-state index in [0.29, 0.717) is 24.8 Å². The Morgan fingerprint density at radius 2 is 2.12 bits per heavy atom. The highest BCUT2D eigenvalue weighted by Crippen LogP contribution is 2.28. The van der Waals surface area contributed by atoms with E-state index in [1.54, 1.807) is 12.3 Å². The van der Waals surface area contributed by atoms with Gasteiger partial charge in [-0.3, -0.25) is 0 Å². The van der Waals surface area contributed by atoms with Crippen molar-refractivity contribution in [3.63, 3.8) is 0 Å². The molecule has 4 nitrogen and oxygen atoms in total. The molecule has 0 N–H and O–H groups in total. The van der Waals surface area contributed by atoms with Crippen LogP contribution in [0.15, 0.2) is 5.38 Å². The highest BCUT2D eigenvalue weighted by molar-refractivity contribution is 7.09. The summed E-state index contributed by atoms with van der Waals surface area (Å²) in [4.78, 5) is 15.8. The van der Waals surface area contributed by atoms with Crippen LogP contribution in [-0.2, 0) is 9.47 Å². The first-order valence-corrected chi connectivity index (χ1v) is 6.72. The summed E-state index contributed by atoms with van der Waals surface area (Å²) in [5.74, 6) is -0.0369. The lowest BCUT2D eigenvalue weighted by Crippen LogP contribution is -2.12. The molecule has 0 aromatic carbocycles. The number of esters is 1. The van der Waals surface area contributed by atoms with Gasteiger partial charge >= 0.3 is 5.97 Å². The van der Waals surface area contributed by atoms with Crippen molar-refractivity contribution in [2.45, 2.75) is 33.8 Å². The Hall–Kier alpha value is -0.940. The number of nitrogens with zero attached hydrogens (tertiary/aromatic N) is 1. The molecule has 0 aliphatic heterocycles. The molecule has 0 aliphatic carbocycles. The van der Waals surface area contributed by atoms with Crippen LogP contribution in [0.1, 0.15) is 49.3 Å². The number of hydrogen-bond acceptors (Lipinski definition) is 5. The predicted molar refractivity (Wildman–Crippen MR) is 67.3 cm³/mol. The molecule has 96 valence electrons. The smallest absolute Gasteiger partial charge is 0.357 e. The minimum absolute atomic E-state index is 0.0480. The molecule has 0 amide bonds. The summed E-state index contributed by atoms with van der Waals surface area (Å²) in [6.07, 6.45) is -0.0480. The number of hydrogen-bond donors (Lipinski definition) is 0. The predicted octanol–water partition coefficient (Wildman–Crippen LogP) is 3.05. The molecule has 0 radical (unpaired) electrons. The molecule has 1 rings (SSSR count). The number of thiazole rings is 1. The van der Waals surface area contributed by atoms with Crippen LogP contribution in [0, 0.1) is 5.92 Å². The molecular weight excluding hydrogens is 238 g/mol. The molecule has 0 saturated heterocycles. The van der Waals surface area contributed by atoms with Gasteiger partial charge in [0.25, 0.3) is 0 Å². The SMILES string of the molecule is CCOC(=O)c1csc(C(OCC)C(C)C)n1. The maximum atomic E-state index is 11.5. The lowest BCUT2D eigenvalue weighted by Gasteiger charge is -2.17. The molecule has 0 saturated carbocycles. The van der Waals surface area contributed by atoms with E-state index in [1.807, 2.05) is 6.92 Å². The number of aromatic nitrogens is 1.